The first kappa shape index (κ1) is 18.4. The summed E-state index contributed by atoms with van der Waals surface area (Å²) in [4.78, 5) is 22.3. The van der Waals surface area contributed by atoms with Gasteiger partial charge in [0.1, 0.15) is 5.75 Å². The van der Waals surface area contributed by atoms with E-state index in [4.69, 9.17) is 4.74 Å². The van der Waals surface area contributed by atoms with Gasteiger partial charge in [0.05, 0.1) is 33.5 Å². The number of methoxy groups -OCH3 is 3. The van der Waals surface area contributed by atoms with Crippen LogP contribution in [0, 0.1) is 0 Å². The molecule has 0 heterocycles. The Bertz CT molecular complexity index is 501. The van der Waals surface area contributed by atoms with Crippen molar-refractivity contribution < 1.29 is 23.8 Å². The minimum absolute atomic E-state index is 0.196. The van der Waals surface area contributed by atoms with Gasteiger partial charge in [0.15, 0.2) is 0 Å². The average molecular weight is 326 g/mol. The highest BCUT2D eigenvalue weighted by atomic mass is 32.2. The molecule has 0 bridgehead atoms. The van der Waals surface area contributed by atoms with Crippen LogP contribution in [0.1, 0.15) is 17.5 Å². The maximum absolute atomic E-state index is 11.3. The van der Waals surface area contributed by atoms with E-state index in [2.05, 4.69) is 9.47 Å². The Morgan fingerprint density at radius 1 is 1.09 bits per heavy atom. The number of benzene rings is 1. The summed E-state index contributed by atoms with van der Waals surface area (Å²) in [6, 6.07) is 5.84. The van der Waals surface area contributed by atoms with E-state index in [1.54, 1.807) is 18.9 Å². The first-order valence-corrected chi connectivity index (χ1v) is 8.13. The lowest BCUT2D eigenvalue weighted by atomic mass is 10.0. The van der Waals surface area contributed by atoms with Gasteiger partial charge in [-0.3, -0.25) is 9.59 Å². The summed E-state index contributed by atoms with van der Waals surface area (Å²) >= 11 is 1.56. The van der Waals surface area contributed by atoms with E-state index in [9.17, 15) is 9.59 Å². The third-order valence-electron chi connectivity index (χ3n) is 3.12. The second kappa shape index (κ2) is 10.1. The van der Waals surface area contributed by atoms with Crippen LogP contribution >= 0.6 is 11.8 Å². The van der Waals surface area contributed by atoms with Gasteiger partial charge >= 0.3 is 11.9 Å². The van der Waals surface area contributed by atoms with E-state index in [1.807, 2.05) is 18.2 Å². The van der Waals surface area contributed by atoms with Gasteiger partial charge in [0.2, 0.25) is 0 Å². The molecule has 0 N–H and O–H groups in total. The van der Waals surface area contributed by atoms with Crippen molar-refractivity contribution in [3.63, 3.8) is 0 Å². The number of carbonyl (C=O) groups excluding carboxylic acids is 2. The van der Waals surface area contributed by atoms with E-state index < -0.39 is 0 Å². The van der Waals surface area contributed by atoms with Crippen LogP contribution < -0.4 is 4.74 Å². The predicted octanol–water partition coefficient (Wildman–Crippen LogP) is 2.25. The lowest BCUT2D eigenvalue weighted by molar-refractivity contribution is -0.140. The van der Waals surface area contributed by atoms with Crippen molar-refractivity contribution in [1.82, 2.24) is 0 Å². The molecule has 0 aliphatic carbocycles. The van der Waals surface area contributed by atoms with E-state index in [-0.39, 0.29) is 18.4 Å². The number of hydrogen-bond acceptors (Lipinski definition) is 6. The summed E-state index contributed by atoms with van der Waals surface area (Å²) in [6.45, 7) is 0. The van der Waals surface area contributed by atoms with E-state index >= 15 is 0 Å². The fourth-order valence-electron chi connectivity index (χ4n) is 1.91. The largest absolute Gasteiger partial charge is 0.496 e. The highest BCUT2D eigenvalue weighted by Crippen LogP contribution is 2.22. The van der Waals surface area contributed by atoms with E-state index in [0.717, 1.165) is 29.7 Å². The van der Waals surface area contributed by atoms with Crippen LogP contribution in [0.4, 0.5) is 0 Å². The lowest BCUT2D eigenvalue weighted by Crippen LogP contribution is -2.06. The predicted molar refractivity (Wildman–Crippen MR) is 86.4 cm³/mol. The van der Waals surface area contributed by atoms with Crippen LogP contribution in [-0.2, 0) is 31.9 Å². The number of rotatable bonds is 9. The average Bonchev–Trinajstić information content (AvgIpc) is 2.55. The van der Waals surface area contributed by atoms with Gasteiger partial charge in [-0.15, -0.1) is 0 Å². The molecule has 0 saturated heterocycles. The van der Waals surface area contributed by atoms with Crippen LogP contribution in [-0.4, -0.2) is 44.8 Å². The Kier molecular flexibility index (Phi) is 8.43. The number of aryl methyl sites for hydroxylation is 1. The van der Waals surface area contributed by atoms with Crippen molar-refractivity contribution in [2.24, 2.45) is 0 Å². The fraction of sp³-hybridized carbons (Fsp3) is 0.500. The number of ether oxygens (including phenoxy) is 3. The van der Waals surface area contributed by atoms with Crippen molar-refractivity contribution in [2.75, 3.05) is 32.8 Å². The van der Waals surface area contributed by atoms with Crippen LogP contribution in [0.3, 0.4) is 0 Å². The minimum atomic E-state index is -0.287. The maximum atomic E-state index is 11.3. The summed E-state index contributed by atoms with van der Waals surface area (Å²) in [7, 11) is 4.35. The van der Waals surface area contributed by atoms with Crippen molar-refractivity contribution in [3.05, 3.63) is 29.3 Å². The van der Waals surface area contributed by atoms with Gasteiger partial charge in [0.25, 0.3) is 0 Å². The Morgan fingerprint density at radius 3 is 2.45 bits per heavy atom. The summed E-state index contributed by atoms with van der Waals surface area (Å²) in [6.07, 6.45) is 2.05. The highest BCUT2D eigenvalue weighted by molar-refractivity contribution is 7.99. The fourth-order valence-corrected chi connectivity index (χ4v) is 2.69. The van der Waals surface area contributed by atoms with Crippen LogP contribution in [0.25, 0.3) is 0 Å². The Balaban J connectivity index is 2.48. The van der Waals surface area contributed by atoms with E-state index in [0.29, 0.717) is 11.5 Å². The number of esters is 2. The molecule has 1 aromatic rings. The Morgan fingerprint density at radius 2 is 1.82 bits per heavy atom. The molecule has 5 nitrogen and oxygen atoms in total. The molecule has 0 amide bonds. The normalized spacial score (nSPS) is 10.1. The second-order valence-electron chi connectivity index (χ2n) is 4.63. The Hall–Kier alpha value is -1.69. The topological polar surface area (TPSA) is 61.8 Å². The molecule has 0 aliphatic rings. The molecule has 0 radical (unpaired) electrons. The molecule has 1 aromatic carbocycles. The van der Waals surface area contributed by atoms with E-state index in [1.165, 1.54) is 14.2 Å². The van der Waals surface area contributed by atoms with Gasteiger partial charge in [0, 0.05) is 5.56 Å². The molecule has 0 spiro atoms. The van der Waals surface area contributed by atoms with Crippen molar-refractivity contribution in [2.45, 2.75) is 19.3 Å². The summed E-state index contributed by atoms with van der Waals surface area (Å²) in [5.41, 5.74) is 1.96. The zero-order valence-corrected chi connectivity index (χ0v) is 14.0. The van der Waals surface area contributed by atoms with Crippen LogP contribution in [0.2, 0.25) is 0 Å². The van der Waals surface area contributed by atoms with Crippen molar-refractivity contribution >= 4 is 23.7 Å². The number of hydrogen-bond donors (Lipinski definition) is 0. The van der Waals surface area contributed by atoms with Crippen LogP contribution in [0.15, 0.2) is 18.2 Å². The summed E-state index contributed by atoms with van der Waals surface area (Å²) in [5.74, 6) is 1.49. The molecule has 0 unspecified atom stereocenters. The molecule has 0 atom stereocenters. The number of thioether (sulfide) groups is 1. The molecule has 0 aromatic heterocycles. The molecule has 6 heteroatoms. The van der Waals surface area contributed by atoms with Gasteiger partial charge in [-0.25, -0.2) is 0 Å². The molecule has 1 rings (SSSR count). The van der Waals surface area contributed by atoms with Gasteiger partial charge in [-0.05, 0) is 30.2 Å². The minimum Gasteiger partial charge on any atom is -0.496 e. The first-order chi connectivity index (χ1) is 10.6. The van der Waals surface area contributed by atoms with Crippen molar-refractivity contribution in [3.8, 4) is 5.75 Å². The Labute approximate surface area is 135 Å². The molecule has 0 aliphatic heterocycles. The maximum Gasteiger partial charge on any atom is 0.315 e. The van der Waals surface area contributed by atoms with Gasteiger partial charge < -0.3 is 14.2 Å². The monoisotopic (exact) mass is 326 g/mol. The standard InChI is InChI=1S/C16H22O5S/c1-19-14-9-12(5-4-8-22-11-16(18)21-3)6-7-13(14)10-15(17)20-2/h6-7,9H,4-5,8,10-11H2,1-3H3. The highest BCUT2D eigenvalue weighted by Gasteiger charge is 2.09. The quantitative estimate of drug-likeness (QED) is 0.512. The van der Waals surface area contributed by atoms with Crippen molar-refractivity contribution in [1.29, 1.82) is 0 Å². The molecule has 22 heavy (non-hydrogen) atoms. The first-order valence-electron chi connectivity index (χ1n) is 6.97. The second-order valence-corrected chi connectivity index (χ2v) is 5.74. The van der Waals surface area contributed by atoms with Gasteiger partial charge in [-0.1, -0.05) is 12.1 Å². The SMILES string of the molecule is COC(=O)CSCCCc1ccc(CC(=O)OC)c(OC)c1. The smallest absolute Gasteiger partial charge is 0.315 e. The lowest BCUT2D eigenvalue weighted by Gasteiger charge is -2.10. The third-order valence-corrected chi connectivity index (χ3v) is 4.13. The third kappa shape index (κ3) is 6.39. The molecular weight excluding hydrogens is 304 g/mol. The number of carbonyl (C=O) groups is 2. The molecule has 0 saturated carbocycles. The van der Waals surface area contributed by atoms with Gasteiger partial charge in [-0.2, -0.15) is 11.8 Å². The zero-order valence-electron chi connectivity index (χ0n) is 13.2. The van der Waals surface area contributed by atoms with Crippen LogP contribution in [0.5, 0.6) is 5.75 Å². The summed E-state index contributed by atoms with van der Waals surface area (Å²) < 4.78 is 14.6. The zero-order chi connectivity index (χ0) is 16.4. The molecular formula is C16H22O5S. The molecule has 122 valence electrons. The summed E-state index contributed by atoms with van der Waals surface area (Å²) in [5, 5.41) is 0. The molecule has 0 fully saturated rings.